The lowest BCUT2D eigenvalue weighted by atomic mass is 9.96. The molecule has 0 bridgehead atoms. The van der Waals surface area contributed by atoms with Crippen molar-refractivity contribution < 1.29 is 4.42 Å². The first-order chi connectivity index (χ1) is 12.7. The molecule has 0 saturated heterocycles. The van der Waals surface area contributed by atoms with Crippen LogP contribution in [0, 0.1) is 6.92 Å². The molecule has 0 fully saturated rings. The lowest BCUT2D eigenvalue weighted by Crippen LogP contribution is -1.91. The van der Waals surface area contributed by atoms with Crippen molar-refractivity contribution in [2.75, 3.05) is 0 Å². The van der Waals surface area contributed by atoms with Crippen molar-refractivity contribution in [3.8, 4) is 33.8 Å². The highest BCUT2D eigenvalue weighted by molar-refractivity contribution is 6.30. The van der Waals surface area contributed by atoms with E-state index in [9.17, 15) is 0 Å². The monoisotopic (exact) mass is 357 g/mol. The third kappa shape index (κ3) is 3.26. The largest absolute Gasteiger partial charge is 0.364 e. The van der Waals surface area contributed by atoms with Crippen LogP contribution in [0.25, 0.3) is 33.8 Å². The molecule has 0 spiro atoms. The molecule has 0 aliphatic carbocycles. The van der Waals surface area contributed by atoms with Crippen LogP contribution in [0.2, 0.25) is 5.02 Å². The predicted molar refractivity (Wildman–Crippen MR) is 109 cm³/mol. The second-order valence-electron chi connectivity index (χ2n) is 6.22. The first-order valence-corrected chi connectivity index (χ1v) is 8.95. The highest BCUT2D eigenvalue weighted by atomic mass is 35.5. The van der Waals surface area contributed by atoms with Crippen molar-refractivity contribution in [2.45, 2.75) is 6.92 Å². The molecule has 3 aromatic carbocycles. The summed E-state index contributed by atoms with van der Waals surface area (Å²) in [5.74, 6) is 1.73. The van der Waals surface area contributed by atoms with Gasteiger partial charge in [0, 0.05) is 10.6 Å². The van der Waals surface area contributed by atoms with E-state index in [1.54, 1.807) is 0 Å². The zero-order valence-electron chi connectivity index (χ0n) is 14.4. The van der Waals surface area contributed by atoms with E-state index in [1.807, 2.05) is 60.7 Å². The van der Waals surface area contributed by atoms with Crippen LogP contribution in [0.1, 0.15) is 5.56 Å². The second-order valence-corrected chi connectivity index (χ2v) is 6.65. The first-order valence-electron chi connectivity index (χ1n) is 8.57. The van der Waals surface area contributed by atoms with Gasteiger partial charge in [-0.05, 0) is 48.9 Å². The number of hydrogen-bond donors (Lipinski definition) is 0. The molecule has 0 saturated carbocycles. The van der Waals surface area contributed by atoms with Crippen LogP contribution < -0.4 is 0 Å². The highest BCUT2D eigenvalue weighted by Crippen LogP contribution is 2.37. The fraction of sp³-hybridized carbons (Fsp3) is 0.0417. The zero-order chi connectivity index (χ0) is 17.9. The van der Waals surface area contributed by atoms with Crippen LogP contribution >= 0.6 is 11.6 Å². The Morgan fingerprint density at radius 3 is 1.85 bits per heavy atom. The standard InChI is InChI=1S/C24H18ClO/c1-17-22(18-12-14-21(25)15-13-18)16-23(19-8-4-2-5-9-19)26-24(17)20-10-6-3-7-11-20/h2-16H,1H3/q+1. The van der Waals surface area contributed by atoms with Crippen molar-refractivity contribution in [3.05, 3.63) is 102 Å². The van der Waals surface area contributed by atoms with E-state index in [4.69, 9.17) is 16.0 Å². The van der Waals surface area contributed by atoms with E-state index in [0.29, 0.717) is 0 Å². The fourth-order valence-electron chi connectivity index (χ4n) is 3.12. The van der Waals surface area contributed by atoms with Crippen molar-refractivity contribution in [1.29, 1.82) is 0 Å². The summed E-state index contributed by atoms with van der Waals surface area (Å²) in [7, 11) is 0. The smallest absolute Gasteiger partial charge is 0.206 e. The van der Waals surface area contributed by atoms with Crippen molar-refractivity contribution in [2.24, 2.45) is 0 Å². The van der Waals surface area contributed by atoms with Crippen molar-refractivity contribution >= 4 is 11.6 Å². The predicted octanol–water partition coefficient (Wildman–Crippen LogP) is 7.52. The normalized spacial score (nSPS) is 10.7. The summed E-state index contributed by atoms with van der Waals surface area (Å²) in [6.07, 6.45) is 0. The molecule has 4 aromatic rings. The minimum Gasteiger partial charge on any atom is -0.206 e. The van der Waals surface area contributed by atoms with Gasteiger partial charge in [-0.15, -0.1) is 0 Å². The summed E-state index contributed by atoms with van der Waals surface area (Å²) in [6.45, 7) is 2.10. The van der Waals surface area contributed by atoms with E-state index in [-0.39, 0.29) is 0 Å². The van der Waals surface area contributed by atoms with Gasteiger partial charge in [-0.3, -0.25) is 0 Å². The van der Waals surface area contributed by atoms with Crippen LogP contribution in [-0.4, -0.2) is 0 Å². The molecule has 0 N–H and O–H groups in total. The van der Waals surface area contributed by atoms with E-state index in [2.05, 4.69) is 37.3 Å². The van der Waals surface area contributed by atoms with Gasteiger partial charge in [0.2, 0.25) is 0 Å². The minimum absolute atomic E-state index is 0.735. The molecule has 0 radical (unpaired) electrons. The summed E-state index contributed by atoms with van der Waals surface area (Å²) in [6, 6.07) is 30.5. The first kappa shape index (κ1) is 16.6. The van der Waals surface area contributed by atoms with Crippen LogP contribution in [-0.2, 0) is 0 Å². The van der Waals surface area contributed by atoms with E-state index in [1.165, 1.54) is 0 Å². The van der Waals surface area contributed by atoms with Crippen molar-refractivity contribution in [1.82, 2.24) is 0 Å². The molecule has 0 amide bonds. The number of hydrogen-bond acceptors (Lipinski definition) is 0. The molecule has 0 aliphatic rings. The number of rotatable bonds is 3. The molecule has 126 valence electrons. The van der Waals surface area contributed by atoms with Crippen LogP contribution in [0.4, 0.5) is 0 Å². The Morgan fingerprint density at radius 2 is 1.23 bits per heavy atom. The van der Waals surface area contributed by atoms with Crippen molar-refractivity contribution in [3.63, 3.8) is 0 Å². The zero-order valence-corrected chi connectivity index (χ0v) is 15.2. The maximum atomic E-state index is 6.34. The molecular weight excluding hydrogens is 340 g/mol. The van der Waals surface area contributed by atoms with Gasteiger partial charge in [0.25, 0.3) is 0 Å². The summed E-state index contributed by atoms with van der Waals surface area (Å²) in [5.41, 5.74) is 5.50. The number of halogens is 1. The third-order valence-corrected chi connectivity index (χ3v) is 4.73. The van der Waals surface area contributed by atoms with E-state index in [0.717, 1.165) is 44.4 Å². The molecule has 1 aromatic heterocycles. The topological polar surface area (TPSA) is 11.3 Å². The Kier molecular flexibility index (Phi) is 4.55. The summed E-state index contributed by atoms with van der Waals surface area (Å²) in [4.78, 5) is 0. The summed E-state index contributed by atoms with van der Waals surface area (Å²) >= 11 is 6.07. The van der Waals surface area contributed by atoms with E-state index < -0.39 is 0 Å². The van der Waals surface area contributed by atoms with Gasteiger partial charge in [-0.2, -0.15) is 0 Å². The molecule has 0 atom stereocenters. The van der Waals surface area contributed by atoms with Gasteiger partial charge in [0.15, 0.2) is 0 Å². The van der Waals surface area contributed by atoms with Gasteiger partial charge in [0.05, 0.1) is 22.8 Å². The van der Waals surface area contributed by atoms with Crippen LogP contribution in [0.15, 0.2) is 95.4 Å². The second kappa shape index (κ2) is 7.15. The molecular formula is C24H18ClO+. The average Bonchev–Trinajstić information content (AvgIpc) is 2.70. The summed E-state index contributed by atoms with van der Waals surface area (Å²) in [5, 5.41) is 0.735. The maximum Gasteiger partial charge on any atom is 0.364 e. The quantitative estimate of drug-likeness (QED) is 0.345. The SMILES string of the molecule is Cc1c(-c2ccc(Cl)cc2)cc(-c2ccccc2)[o+]c1-c1ccccc1. The van der Waals surface area contributed by atoms with Crippen LogP contribution in [0.3, 0.4) is 0 Å². The maximum absolute atomic E-state index is 6.34. The molecule has 0 unspecified atom stereocenters. The van der Waals surface area contributed by atoms with Gasteiger partial charge in [-0.25, -0.2) is 4.42 Å². The van der Waals surface area contributed by atoms with Gasteiger partial charge in [-0.1, -0.05) is 60.1 Å². The number of benzene rings is 3. The summed E-state index contributed by atoms with van der Waals surface area (Å²) < 4.78 is 6.34. The third-order valence-electron chi connectivity index (χ3n) is 4.48. The molecule has 1 heterocycles. The van der Waals surface area contributed by atoms with E-state index >= 15 is 0 Å². The lowest BCUT2D eigenvalue weighted by Gasteiger charge is -2.07. The minimum atomic E-state index is 0.735. The molecule has 2 heteroatoms. The van der Waals surface area contributed by atoms with Crippen LogP contribution in [0.5, 0.6) is 0 Å². The Balaban J connectivity index is 1.97. The molecule has 0 aliphatic heterocycles. The molecule has 26 heavy (non-hydrogen) atoms. The Bertz CT molecular complexity index is 1020. The highest BCUT2D eigenvalue weighted by Gasteiger charge is 2.24. The molecule has 4 rings (SSSR count). The Hall–Kier alpha value is -2.90. The van der Waals surface area contributed by atoms with Gasteiger partial charge >= 0.3 is 11.5 Å². The van der Waals surface area contributed by atoms with Gasteiger partial charge < -0.3 is 0 Å². The fourth-order valence-corrected chi connectivity index (χ4v) is 3.24. The average molecular weight is 358 g/mol. The Labute approximate surface area is 158 Å². The molecule has 1 nitrogen and oxygen atoms in total. The van der Waals surface area contributed by atoms with Gasteiger partial charge in [0.1, 0.15) is 0 Å². The Morgan fingerprint density at radius 1 is 0.654 bits per heavy atom. The lowest BCUT2D eigenvalue weighted by molar-refractivity contribution is 0.578.